The maximum absolute atomic E-state index is 13.7. The van der Waals surface area contributed by atoms with Crippen LogP contribution < -0.4 is 16.0 Å². The summed E-state index contributed by atoms with van der Waals surface area (Å²) in [7, 11) is 0. The Hall–Kier alpha value is -2.60. The number of rotatable bonds is 6. The van der Waals surface area contributed by atoms with Crippen molar-refractivity contribution in [2.75, 3.05) is 17.2 Å². The third-order valence-corrected chi connectivity index (χ3v) is 3.38. The second-order valence-corrected chi connectivity index (χ2v) is 5.57. The number of carbonyl (C=O) groups excluding carboxylic acids is 2. The van der Waals surface area contributed by atoms with Gasteiger partial charge in [0.15, 0.2) is 0 Å². The second-order valence-electron chi connectivity index (χ2n) is 5.13. The Balaban J connectivity index is 1.86. The molecule has 0 bridgehead atoms. The van der Waals surface area contributed by atoms with Crippen molar-refractivity contribution in [2.45, 2.75) is 13.5 Å². The van der Waals surface area contributed by atoms with Crippen molar-refractivity contribution in [1.82, 2.24) is 5.32 Å². The standard InChI is InChI=1S/C17H17ClFN3O2/c1-11(23)22-14-6-7-15(19)16(8-14)20-10-17(24)21-9-12-2-4-13(18)5-3-12/h2-8,20H,9-10H2,1H3,(H,21,24)(H,22,23). The van der Waals surface area contributed by atoms with E-state index in [1.807, 2.05) is 12.1 Å². The number of hydrogen-bond donors (Lipinski definition) is 3. The smallest absolute Gasteiger partial charge is 0.239 e. The van der Waals surface area contributed by atoms with Crippen LogP contribution in [0.4, 0.5) is 15.8 Å². The Morgan fingerprint density at radius 1 is 1.12 bits per heavy atom. The largest absolute Gasteiger partial charge is 0.374 e. The molecule has 3 N–H and O–H groups in total. The highest BCUT2D eigenvalue weighted by atomic mass is 35.5. The molecule has 0 fully saturated rings. The average molecular weight is 350 g/mol. The minimum atomic E-state index is -0.505. The van der Waals surface area contributed by atoms with Gasteiger partial charge in [0.1, 0.15) is 5.82 Å². The van der Waals surface area contributed by atoms with E-state index < -0.39 is 5.82 Å². The topological polar surface area (TPSA) is 70.2 Å². The van der Waals surface area contributed by atoms with E-state index in [1.54, 1.807) is 12.1 Å². The number of benzene rings is 2. The lowest BCUT2D eigenvalue weighted by molar-refractivity contribution is -0.119. The molecule has 0 aliphatic carbocycles. The van der Waals surface area contributed by atoms with E-state index in [4.69, 9.17) is 11.6 Å². The summed E-state index contributed by atoms with van der Waals surface area (Å²) in [5, 5.41) is 8.61. The van der Waals surface area contributed by atoms with Gasteiger partial charge in [-0.1, -0.05) is 23.7 Å². The highest BCUT2D eigenvalue weighted by molar-refractivity contribution is 6.30. The molecule has 7 heteroatoms. The van der Waals surface area contributed by atoms with Gasteiger partial charge in [-0.05, 0) is 35.9 Å². The third kappa shape index (κ3) is 5.55. The summed E-state index contributed by atoms with van der Waals surface area (Å²) in [5.74, 6) is -1.04. The quantitative estimate of drug-likeness (QED) is 0.750. The zero-order chi connectivity index (χ0) is 17.5. The maximum Gasteiger partial charge on any atom is 0.239 e. The van der Waals surface area contributed by atoms with Crippen molar-refractivity contribution in [2.24, 2.45) is 0 Å². The van der Waals surface area contributed by atoms with Gasteiger partial charge in [0.25, 0.3) is 0 Å². The lowest BCUT2D eigenvalue weighted by Gasteiger charge is -2.10. The molecule has 0 radical (unpaired) electrons. The first kappa shape index (κ1) is 17.7. The van der Waals surface area contributed by atoms with Gasteiger partial charge >= 0.3 is 0 Å². The molecule has 2 amide bonds. The third-order valence-electron chi connectivity index (χ3n) is 3.13. The van der Waals surface area contributed by atoms with Crippen molar-refractivity contribution >= 4 is 34.8 Å². The van der Waals surface area contributed by atoms with Crippen LogP contribution in [0.5, 0.6) is 0 Å². The monoisotopic (exact) mass is 349 g/mol. The van der Waals surface area contributed by atoms with Crippen molar-refractivity contribution in [3.63, 3.8) is 0 Å². The summed E-state index contributed by atoms with van der Waals surface area (Å²) in [6.45, 7) is 1.63. The molecule has 0 atom stereocenters. The molecule has 24 heavy (non-hydrogen) atoms. The van der Waals surface area contributed by atoms with Crippen LogP contribution in [0, 0.1) is 5.82 Å². The van der Waals surface area contributed by atoms with Gasteiger partial charge in [0.2, 0.25) is 11.8 Å². The van der Waals surface area contributed by atoms with E-state index in [-0.39, 0.29) is 24.0 Å². The highest BCUT2D eigenvalue weighted by Crippen LogP contribution is 2.19. The molecule has 0 saturated heterocycles. The van der Waals surface area contributed by atoms with Crippen LogP contribution in [0.1, 0.15) is 12.5 Å². The highest BCUT2D eigenvalue weighted by Gasteiger charge is 2.07. The fourth-order valence-electron chi connectivity index (χ4n) is 1.98. The van der Waals surface area contributed by atoms with Crippen molar-refractivity contribution in [1.29, 1.82) is 0 Å². The fourth-order valence-corrected chi connectivity index (χ4v) is 2.11. The molecule has 2 rings (SSSR count). The van der Waals surface area contributed by atoms with Crippen LogP contribution in [0.25, 0.3) is 0 Å². The van der Waals surface area contributed by atoms with E-state index in [9.17, 15) is 14.0 Å². The maximum atomic E-state index is 13.7. The second kappa shape index (κ2) is 8.31. The number of carbonyl (C=O) groups is 2. The van der Waals surface area contributed by atoms with E-state index in [1.165, 1.54) is 25.1 Å². The van der Waals surface area contributed by atoms with Crippen LogP contribution in [-0.2, 0) is 16.1 Å². The molecule has 0 unspecified atom stereocenters. The van der Waals surface area contributed by atoms with Gasteiger partial charge in [-0.25, -0.2) is 4.39 Å². The first-order valence-corrected chi connectivity index (χ1v) is 7.64. The molecular formula is C17H17ClFN3O2. The predicted octanol–water partition coefficient (Wildman–Crippen LogP) is 3.17. The summed E-state index contributed by atoms with van der Waals surface area (Å²) >= 11 is 5.79. The van der Waals surface area contributed by atoms with Crippen LogP contribution >= 0.6 is 11.6 Å². The van der Waals surface area contributed by atoms with E-state index >= 15 is 0 Å². The van der Waals surface area contributed by atoms with Gasteiger partial charge in [0.05, 0.1) is 12.2 Å². The van der Waals surface area contributed by atoms with Gasteiger partial charge in [-0.15, -0.1) is 0 Å². The summed E-state index contributed by atoms with van der Waals surface area (Å²) in [5.41, 5.74) is 1.50. The molecule has 126 valence electrons. The van der Waals surface area contributed by atoms with Crippen molar-refractivity contribution in [3.05, 3.63) is 58.9 Å². The number of hydrogen-bond acceptors (Lipinski definition) is 3. The zero-order valence-electron chi connectivity index (χ0n) is 13.0. The van der Waals surface area contributed by atoms with Gasteiger partial charge < -0.3 is 16.0 Å². The minimum absolute atomic E-state index is 0.0893. The van der Waals surface area contributed by atoms with Gasteiger partial charge in [0, 0.05) is 24.2 Å². The minimum Gasteiger partial charge on any atom is -0.374 e. The lowest BCUT2D eigenvalue weighted by atomic mass is 10.2. The van der Waals surface area contributed by atoms with Crippen LogP contribution in [0.2, 0.25) is 5.02 Å². The molecular weight excluding hydrogens is 333 g/mol. The number of nitrogens with one attached hydrogen (secondary N) is 3. The Kier molecular flexibility index (Phi) is 6.14. The summed E-state index contributed by atoms with van der Waals surface area (Å²) in [6, 6.07) is 11.2. The van der Waals surface area contributed by atoms with Gasteiger partial charge in [-0.3, -0.25) is 9.59 Å². The SMILES string of the molecule is CC(=O)Nc1ccc(F)c(NCC(=O)NCc2ccc(Cl)cc2)c1. The van der Waals surface area contributed by atoms with Crippen molar-refractivity contribution < 1.29 is 14.0 Å². The first-order chi connectivity index (χ1) is 11.4. The first-order valence-electron chi connectivity index (χ1n) is 7.26. The van der Waals surface area contributed by atoms with E-state index in [2.05, 4.69) is 16.0 Å². The fraction of sp³-hybridized carbons (Fsp3) is 0.176. The molecule has 2 aromatic carbocycles. The molecule has 0 aliphatic rings. The number of anilines is 2. The summed E-state index contributed by atoms with van der Waals surface area (Å²) in [4.78, 5) is 22.9. The Morgan fingerprint density at radius 3 is 2.50 bits per heavy atom. The molecule has 0 spiro atoms. The van der Waals surface area contributed by atoms with E-state index in [0.29, 0.717) is 17.3 Å². The van der Waals surface area contributed by atoms with Crippen LogP contribution in [0.15, 0.2) is 42.5 Å². The summed E-state index contributed by atoms with van der Waals surface area (Å²) in [6.07, 6.45) is 0. The summed E-state index contributed by atoms with van der Waals surface area (Å²) < 4.78 is 13.7. The lowest BCUT2D eigenvalue weighted by Crippen LogP contribution is -2.29. The molecule has 0 aliphatic heterocycles. The van der Waals surface area contributed by atoms with Crippen LogP contribution in [-0.4, -0.2) is 18.4 Å². The average Bonchev–Trinajstić information content (AvgIpc) is 2.54. The van der Waals surface area contributed by atoms with Crippen molar-refractivity contribution in [3.8, 4) is 0 Å². The molecule has 0 heterocycles. The van der Waals surface area contributed by atoms with Crippen LogP contribution in [0.3, 0.4) is 0 Å². The Morgan fingerprint density at radius 2 is 1.83 bits per heavy atom. The number of amides is 2. The predicted molar refractivity (Wildman–Crippen MR) is 92.5 cm³/mol. The molecule has 2 aromatic rings. The molecule has 5 nitrogen and oxygen atoms in total. The zero-order valence-corrected chi connectivity index (χ0v) is 13.8. The Labute approximate surface area is 144 Å². The van der Waals surface area contributed by atoms with Gasteiger partial charge in [-0.2, -0.15) is 0 Å². The molecule has 0 aromatic heterocycles. The van der Waals surface area contributed by atoms with E-state index in [0.717, 1.165) is 5.56 Å². The Bertz CT molecular complexity index is 735. The molecule has 0 saturated carbocycles. The normalized spacial score (nSPS) is 10.1. The number of halogens is 2.